The van der Waals surface area contributed by atoms with Gasteiger partial charge in [0.05, 0.1) is 6.20 Å². The van der Waals surface area contributed by atoms with Crippen LogP contribution in [0.15, 0.2) is 12.4 Å². The summed E-state index contributed by atoms with van der Waals surface area (Å²) in [5.74, 6) is 0. The maximum atomic E-state index is 6.62. The molecule has 0 aliphatic carbocycles. The molecule has 1 aromatic rings. The quantitative estimate of drug-likeness (QED) is 0.854. The van der Waals surface area contributed by atoms with Crippen LogP contribution < -0.4 is 5.73 Å². The molecule has 0 radical (unpaired) electrons. The largest absolute Gasteiger partial charge is 0.326 e. The molecule has 1 atom stereocenters. The van der Waals surface area contributed by atoms with Crippen molar-refractivity contribution in [2.75, 3.05) is 13.1 Å². The van der Waals surface area contributed by atoms with Gasteiger partial charge in [-0.2, -0.15) is 5.10 Å². The van der Waals surface area contributed by atoms with Crippen LogP contribution in [0.4, 0.5) is 0 Å². The van der Waals surface area contributed by atoms with Crippen LogP contribution in [0.5, 0.6) is 0 Å². The molecule has 2 N–H and O–H groups in total. The van der Waals surface area contributed by atoms with Crippen LogP contribution >= 0.6 is 0 Å². The Bertz CT molecular complexity index is 389. The van der Waals surface area contributed by atoms with Crippen LogP contribution in [0.2, 0.25) is 0 Å². The highest BCUT2D eigenvalue weighted by molar-refractivity contribution is 5.10. The minimum absolute atomic E-state index is 0.159. The number of aryl methyl sites for hydroxylation is 1. The lowest BCUT2D eigenvalue weighted by Gasteiger charge is -2.45. The number of nitrogens with two attached hydrogens (primary N) is 1. The summed E-state index contributed by atoms with van der Waals surface area (Å²) in [6.45, 7) is 6.99. The fraction of sp³-hybridized carbons (Fsp3) is 0.800. The SMILES string of the molecule is CCC(CC)(C(N)Cc1cnn(C)c1)N1CCCC1. The summed E-state index contributed by atoms with van der Waals surface area (Å²) in [6, 6.07) is 0.185. The zero-order chi connectivity index (χ0) is 13.9. The number of likely N-dealkylation sites (tertiary alicyclic amines) is 1. The first-order valence-corrected chi connectivity index (χ1v) is 7.60. The Hall–Kier alpha value is -0.870. The van der Waals surface area contributed by atoms with Gasteiger partial charge in [-0.3, -0.25) is 9.58 Å². The molecule has 2 heterocycles. The molecular formula is C15H28N4. The molecule has 4 nitrogen and oxygen atoms in total. The van der Waals surface area contributed by atoms with Crippen LogP contribution in [0, 0.1) is 0 Å². The van der Waals surface area contributed by atoms with E-state index in [9.17, 15) is 0 Å². The van der Waals surface area contributed by atoms with E-state index in [0.29, 0.717) is 0 Å². The van der Waals surface area contributed by atoms with Gasteiger partial charge in [-0.1, -0.05) is 13.8 Å². The molecule has 0 amide bonds. The third-order valence-electron chi connectivity index (χ3n) is 4.86. The Morgan fingerprint density at radius 2 is 1.95 bits per heavy atom. The van der Waals surface area contributed by atoms with E-state index in [0.717, 1.165) is 19.3 Å². The molecule has 1 aromatic heterocycles. The molecule has 0 saturated carbocycles. The summed E-state index contributed by atoms with van der Waals surface area (Å²) in [4.78, 5) is 2.63. The maximum absolute atomic E-state index is 6.62. The number of nitrogens with zero attached hydrogens (tertiary/aromatic N) is 3. The van der Waals surface area contributed by atoms with Gasteiger partial charge in [0.25, 0.3) is 0 Å². The van der Waals surface area contributed by atoms with Crippen molar-refractivity contribution < 1.29 is 0 Å². The van der Waals surface area contributed by atoms with E-state index in [1.807, 2.05) is 17.9 Å². The minimum Gasteiger partial charge on any atom is -0.326 e. The molecule has 2 rings (SSSR count). The first kappa shape index (κ1) is 14.5. The zero-order valence-electron chi connectivity index (χ0n) is 12.6. The standard InChI is InChI=1S/C15H28N4/c1-4-15(5-2,19-8-6-7-9-19)14(16)10-13-11-17-18(3)12-13/h11-12,14H,4-10,16H2,1-3H3. The van der Waals surface area contributed by atoms with Gasteiger partial charge in [0, 0.05) is 24.8 Å². The Morgan fingerprint density at radius 1 is 1.32 bits per heavy atom. The number of rotatable bonds is 6. The molecular weight excluding hydrogens is 236 g/mol. The Kier molecular flexibility index (Phi) is 4.63. The van der Waals surface area contributed by atoms with E-state index in [-0.39, 0.29) is 11.6 Å². The molecule has 0 spiro atoms. The first-order valence-electron chi connectivity index (χ1n) is 7.60. The lowest BCUT2D eigenvalue weighted by Crippen LogP contribution is -2.59. The highest BCUT2D eigenvalue weighted by Crippen LogP contribution is 2.32. The predicted molar refractivity (Wildman–Crippen MR) is 79.0 cm³/mol. The molecule has 108 valence electrons. The molecule has 1 aliphatic rings. The van der Waals surface area contributed by atoms with Crippen molar-refractivity contribution in [2.24, 2.45) is 12.8 Å². The van der Waals surface area contributed by atoms with Crippen LogP contribution in [-0.4, -0.2) is 39.4 Å². The smallest absolute Gasteiger partial charge is 0.0522 e. The van der Waals surface area contributed by atoms with Crippen molar-refractivity contribution in [3.8, 4) is 0 Å². The molecule has 1 aliphatic heterocycles. The highest BCUT2D eigenvalue weighted by Gasteiger charge is 2.40. The fourth-order valence-corrected chi connectivity index (χ4v) is 3.64. The third kappa shape index (κ3) is 2.84. The number of aromatic nitrogens is 2. The summed E-state index contributed by atoms with van der Waals surface area (Å²) in [6.07, 6.45) is 9.85. The third-order valence-corrected chi connectivity index (χ3v) is 4.86. The van der Waals surface area contributed by atoms with Gasteiger partial charge >= 0.3 is 0 Å². The van der Waals surface area contributed by atoms with Crippen molar-refractivity contribution >= 4 is 0 Å². The summed E-state index contributed by atoms with van der Waals surface area (Å²) < 4.78 is 1.86. The highest BCUT2D eigenvalue weighted by atomic mass is 15.2. The normalized spacial score (nSPS) is 18.9. The molecule has 0 aromatic carbocycles. The van der Waals surface area contributed by atoms with Crippen molar-refractivity contribution in [1.82, 2.24) is 14.7 Å². The maximum Gasteiger partial charge on any atom is 0.0522 e. The monoisotopic (exact) mass is 264 g/mol. The van der Waals surface area contributed by atoms with E-state index in [1.54, 1.807) is 0 Å². The molecule has 1 unspecified atom stereocenters. The van der Waals surface area contributed by atoms with E-state index < -0.39 is 0 Å². The Morgan fingerprint density at radius 3 is 2.42 bits per heavy atom. The van der Waals surface area contributed by atoms with E-state index >= 15 is 0 Å². The lowest BCUT2D eigenvalue weighted by atomic mass is 9.80. The predicted octanol–water partition coefficient (Wildman–Crippen LogP) is 1.94. The minimum atomic E-state index is 0.159. The van der Waals surface area contributed by atoms with Gasteiger partial charge in [-0.25, -0.2) is 0 Å². The van der Waals surface area contributed by atoms with E-state index in [2.05, 4.69) is 30.0 Å². The Labute approximate surface area is 117 Å². The molecule has 4 heteroatoms. The molecule has 1 fully saturated rings. The topological polar surface area (TPSA) is 47.1 Å². The van der Waals surface area contributed by atoms with E-state index in [4.69, 9.17) is 5.73 Å². The van der Waals surface area contributed by atoms with Gasteiger partial charge in [-0.05, 0) is 50.8 Å². The van der Waals surface area contributed by atoms with Crippen LogP contribution in [0.3, 0.4) is 0 Å². The summed E-state index contributed by atoms with van der Waals surface area (Å²) in [7, 11) is 1.96. The first-order chi connectivity index (χ1) is 9.12. The lowest BCUT2D eigenvalue weighted by molar-refractivity contribution is 0.0768. The van der Waals surface area contributed by atoms with Gasteiger partial charge in [0.2, 0.25) is 0 Å². The Balaban J connectivity index is 2.13. The van der Waals surface area contributed by atoms with Crippen molar-refractivity contribution in [3.63, 3.8) is 0 Å². The zero-order valence-corrected chi connectivity index (χ0v) is 12.6. The average molecular weight is 264 g/mol. The van der Waals surface area contributed by atoms with E-state index in [1.165, 1.54) is 31.5 Å². The van der Waals surface area contributed by atoms with Gasteiger partial charge < -0.3 is 5.73 Å². The summed E-state index contributed by atoms with van der Waals surface area (Å²) in [5, 5.41) is 4.25. The second kappa shape index (κ2) is 6.06. The van der Waals surface area contributed by atoms with Gasteiger partial charge in [-0.15, -0.1) is 0 Å². The van der Waals surface area contributed by atoms with Crippen LogP contribution in [-0.2, 0) is 13.5 Å². The number of hydrogen-bond donors (Lipinski definition) is 1. The van der Waals surface area contributed by atoms with Crippen LogP contribution in [0.1, 0.15) is 45.1 Å². The molecule has 1 saturated heterocycles. The average Bonchev–Trinajstić information content (AvgIpc) is 3.04. The number of hydrogen-bond acceptors (Lipinski definition) is 3. The summed E-state index contributed by atoms with van der Waals surface area (Å²) >= 11 is 0. The van der Waals surface area contributed by atoms with Crippen molar-refractivity contribution in [1.29, 1.82) is 0 Å². The van der Waals surface area contributed by atoms with Gasteiger partial charge in [0.15, 0.2) is 0 Å². The fourth-order valence-electron chi connectivity index (χ4n) is 3.64. The van der Waals surface area contributed by atoms with Crippen LogP contribution in [0.25, 0.3) is 0 Å². The molecule has 19 heavy (non-hydrogen) atoms. The van der Waals surface area contributed by atoms with Crippen molar-refractivity contribution in [2.45, 2.75) is 57.5 Å². The van der Waals surface area contributed by atoms with Gasteiger partial charge in [0.1, 0.15) is 0 Å². The molecule has 0 bridgehead atoms. The summed E-state index contributed by atoms with van der Waals surface area (Å²) in [5.41, 5.74) is 8.03. The van der Waals surface area contributed by atoms with Crippen molar-refractivity contribution in [3.05, 3.63) is 18.0 Å². The second-order valence-corrected chi connectivity index (χ2v) is 5.84. The second-order valence-electron chi connectivity index (χ2n) is 5.84.